The molecule has 7 nitrogen and oxygen atoms in total. The lowest BCUT2D eigenvalue weighted by molar-refractivity contribution is -0.137. The molecule has 0 spiro atoms. The van der Waals surface area contributed by atoms with Gasteiger partial charge in [-0.05, 0) is 24.7 Å². The summed E-state index contributed by atoms with van der Waals surface area (Å²) in [6.45, 7) is 3.47. The second kappa shape index (κ2) is 11.4. The molecule has 0 saturated carbocycles. The van der Waals surface area contributed by atoms with Gasteiger partial charge in [-0.1, -0.05) is 30.3 Å². The van der Waals surface area contributed by atoms with Crippen molar-refractivity contribution in [1.29, 1.82) is 0 Å². The van der Waals surface area contributed by atoms with Crippen LogP contribution in [0.3, 0.4) is 0 Å². The first-order chi connectivity index (χ1) is 14.6. The van der Waals surface area contributed by atoms with Crippen LogP contribution in [0.2, 0.25) is 0 Å². The molecule has 0 aromatic heterocycles. The second-order valence-electron chi connectivity index (χ2n) is 7.80. The highest BCUT2D eigenvalue weighted by atomic mass is 32.2. The van der Waals surface area contributed by atoms with Gasteiger partial charge in [0.25, 0.3) is 0 Å². The van der Waals surface area contributed by atoms with Crippen LogP contribution in [0.15, 0.2) is 30.3 Å². The maximum atomic E-state index is 12.8. The minimum absolute atomic E-state index is 0.0336. The van der Waals surface area contributed by atoms with E-state index in [1.807, 2.05) is 41.5 Å². The third kappa shape index (κ3) is 6.47. The zero-order valence-corrected chi connectivity index (χ0v) is 18.4. The van der Waals surface area contributed by atoms with Gasteiger partial charge in [0.15, 0.2) is 0 Å². The first kappa shape index (κ1) is 22.6. The van der Waals surface area contributed by atoms with Crippen molar-refractivity contribution < 1.29 is 19.1 Å². The van der Waals surface area contributed by atoms with E-state index in [4.69, 9.17) is 4.74 Å². The normalized spacial score (nSPS) is 20.0. The number of amides is 3. The smallest absolute Gasteiger partial charge is 0.242 e. The molecule has 0 N–H and O–H groups in total. The van der Waals surface area contributed by atoms with Crippen molar-refractivity contribution >= 4 is 29.5 Å². The topological polar surface area (TPSA) is 70.2 Å². The van der Waals surface area contributed by atoms with Crippen LogP contribution in [0.1, 0.15) is 24.8 Å². The molecule has 1 aromatic rings. The van der Waals surface area contributed by atoms with Gasteiger partial charge >= 0.3 is 0 Å². The van der Waals surface area contributed by atoms with Crippen LogP contribution in [0.25, 0.3) is 0 Å². The fourth-order valence-corrected chi connectivity index (χ4v) is 4.32. The van der Waals surface area contributed by atoms with Crippen molar-refractivity contribution in [2.24, 2.45) is 0 Å². The summed E-state index contributed by atoms with van der Waals surface area (Å²) in [6.07, 6.45) is 3.93. The van der Waals surface area contributed by atoms with E-state index in [0.717, 1.165) is 24.9 Å². The van der Waals surface area contributed by atoms with E-state index in [-0.39, 0.29) is 30.4 Å². The number of hydrogen-bond acceptors (Lipinski definition) is 5. The summed E-state index contributed by atoms with van der Waals surface area (Å²) in [5.41, 5.74) is 1.06. The summed E-state index contributed by atoms with van der Waals surface area (Å²) in [7, 11) is 0. The molecule has 164 valence electrons. The van der Waals surface area contributed by atoms with Crippen molar-refractivity contribution in [2.75, 3.05) is 51.3 Å². The van der Waals surface area contributed by atoms with E-state index < -0.39 is 0 Å². The molecule has 2 aliphatic rings. The molecule has 1 atom stereocenters. The van der Waals surface area contributed by atoms with Gasteiger partial charge in [0.2, 0.25) is 17.7 Å². The molecule has 0 aliphatic carbocycles. The Morgan fingerprint density at radius 1 is 1.10 bits per heavy atom. The standard InChI is InChI=1S/C22H31N3O4S/c1-30-17-22(28)25-14-19(29-16-18-7-3-2-4-8-18)13-24(21(27)15-25)12-6-11-23-10-5-9-20(23)26/h2-4,7-8,19H,5-6,9-17H2,1H3/t19-/m1/s1. The number of carbonyl (C=O) groups is 3. The van der Waals surface area contributed by atoms with Gasteiger partial charge in [0, 0.05) is 39.1 Å². The molecule has 0 bridgehead atoms. The summed E-state index contributed by atoms with van der Waals surface area (Å²) in [5, 5.41) is 0. The van der Waals surface area contributed by atoms with Gasteiger partial charge in [-0.3, -0.25) is 14.4 Å². The highest BCUT2D eigenvalue weighted by molar-refractivity contribution is 7.99. The van der Waals surface area contributed by atoms with E-state index >= 15 is 0 Å². The van der Waals surface area contributed by atoms with Crippen LogP contribution in [0, 0.1) is 0 Å². The molecule has 8 heteroatoms. The van der Waals surface area contributed by atoms with E-state index in [1.54, 1.807) is 9.80 Å². The summed E-state index contributed by atoms with van der Waals surface area (Å²) in [6, 6.07) is 9.90. The number of benzene rings is 1. The SMILES string of the molecule is CSCC(=O)N1CC(=O)N(CCCN2CCCC2=O)C[C@@H](OCc2ccccc2)C1. The lowest BCUT2D eigenvalue weighted by atomic mass is 10.2. The first-order valence-electron chi connectivity index (χ1n) is 10.5. The Kier molecular flexibility index (Phi) is 8.57. The van der Waals surface area contributed by atoms with Crippen molar-refractivity contribution in [2.45, 2.75) is 32.0 Å². The van der Waals surface area contributed by atoms with E-state index in [1.165, 1.54) is 11.8 Å². The third-order valence-electron chi connectivity index (χ3n) is 5.50. The van der Waals surface area contributed by atoms with Crippen LogP contribution in [-0.2, 0) is 25.7 Å². The Hall–Kier alpha value is -2.06. The van der Waals surface area contributed by atoms with Gasteiger partial charge in [-0.25, -0.2) is 0 Å². The van der Waals surface area contributed by atoms with Crippen LogP contribution < -0.4 is 0 Å². The quantitative estimate of drug-likeness (QED) is 0.592. The average Bonchev–Trinajstić information content (AvgIpc) is 3.08. The molecule has 3 rings (SSSR count). The zero-order valence-electron chi connectivity index (χ0n) is 17.6. The molecule has 0 radical (unpaired) electrons. The predicted molar refractivity (Wildman–Crippen MR) is 117 cm³/mol. The number of ether oxygens (including phenoxy) is 1. The maximum absolute atomic E-state index is 12.8. The molecule has 2 saturated heterocycles. The molecule has 3 amide bonds. The highest BCUT2D eigenvalue weighted by Crippen LogP contribution is 2.14. The molecule has 30 heavy (non-hydrogen) atoms. The van der Waals surface area contributed by atoms with Crippen molar-refractivity contribution in [3.63, 3.8) is 0 Å². The van der Waals surface area contributed by atoms with Gasteiger partial charge in [-0.2, -0.15) is 11.8 Å². The number of thioether (sulfide) groups is 1. The fraction of sp³-hybridized carbons (Fsp3) is 0.591. The second-order valence-corrected chi connectivity index (χ2v) is 8.67. The van der Waals surface area contributed by atoms with Crippen LogP contribution >= 0.6 is 11.8 Å². The van der Waals surface area contributed by atoms with Gasteiger partial charge in [0.1, 0.15) is 0 Å². The average molecular weight is 434 g/mol. The summed E-state index contributed by atoms with van der Waals surface area (Å²) in [4.78, 5) is 42.4. The minimum atomic E-state index is -0.240. The van der Waals surface area contributed by atoms with Crippen LogP contribution in [-0.4, -0.2) is 89.8 Å². The number of hydrogen-bond donors (Lipinski definition) is 0. The summed E-state index contributed by atoms with van der Waals surface area (Å²) in [5.74, 6) is 0.474. The highest BCUT2D eigenvalue weighted by Gasteiger charge is 2.30. The third-order valence-corrected chi connectivity index (χ3v) is 6.04. The van der Waals surface area contributed by atoms with E-state index in [9.17, 15) is 14.4 Å². The molecular weight excluding hydrogens is 402 g/mol. The van der Waals surface area contributed by atoms with Crippen molar-refractivity contribution in [3.05, 3.63) is 35.9 Å². The van der Waals surface area contributed by atoms with Crippen molar-refractivity contribution in [1.82, 2.24) is 14.7 Å². The Labute approximate surface area is 182 Å². The fourth-order valence-electron chi connectivity index (χ4n) is 3.89. The monoisotopic (exact) mass is 433 g/mol. The first-order valence-corrected chi connectivity index (χ1v) is 11.9. The van der Waals surface area contributed by atoms with Crippen LogP contribution in [0.5, 0.6) is 0 Å². The van der Waals surface area contributed by atoms with E-state index in [0.29, 0.717) is 45.0 Å². The van der Waals surface area contributed by atoms with E-state index in [2.05, 4.69) is 0 Å². The maximum Gasteiger partial charge on any atom is 0.242 e. The Morgan fingerprint density at radius 2 is 1.87 bits per heavy atom. The van der Waals surface area contributed by atoms with Gasteiger partial charge in [-0.15, -0.1) is 0 Å². The number of nitrogens with zero attached hydrogens (tertiary/aromatic N) is 3. The molecule has 2 aliphatic heterocycles. The van der Waals surface area contributed by atoms with Gasteiger partial charge in [0.05, 0.1) is 25.0 Å². The lowest BCUT2D eigenvalue weighted by Gasteiger charge is -2.25. The number of carbonyl (C=O) groups excluding carboxylic acids is 3. The Morgan fingerprint density at radius 3 is 2.57 bits per heavy atom. The lowest BCUT2D eigenvalue weighted by Crippen LogP contribution is -2.41. The largest absolute Gasteiger partial charge is 0.370 e. The molecule has 0 unspecified atom stereocenters. The Balaban J connectivity index is 1.60. The minimum Gasteiger partial charge on any atom is -0.370 e. The molecule has 2 heterocycles. The van der Waals surface area contributed by atoms with Crippen molar-refractivity contribution in [3.8, 4) is 0 Å². The molecule has 2 fully saturated rings. The van der Waals surface area contributed by atoms with Crippen LogP contribution in [0.4, 0.5) is 0 Å². The number of likely N-dealkylation sites (tertiary alicyclic amines) is 1. The zero-order chi connectivity index (χ0) is 21.3. The Bertz CT molecular complexity index is 730. The molecule has 1 aromatic carbocycles. The predicted octanol–water partition coefficient (Wildman–Crippen LogP) is 1.62. The number of rotatable bonds is 9. The molecular formula is C22H31N3O4S. The summed E-state index contributed by atoms with van der Waals surface area (Å²) >= 11 is 1.46. The van der Waals surface area contributed by atoms with Gasteiger partial charge < -0.3 is 19.4 Å². The summed E-state index contributed by atoms with van der Waals surface area (Å²) < 4.78 is 6.12.